The number of amides is 1. The molecule has 0 aliphatic heterocycles. The number of nitrogens with zero attached hydrogens (tertiary/aromatic N) is 4. The highest BCUT2D eigenvalue weighted by molar-refractivity contribution is 7.99. The smallest absolute Gasteiger partial charge is 0.233 e. The summed E-state index contributed by atoms with van der Waals surface area (Å²) < 4.78 is 6.68. The molecule has 28 heavy (non-hydrogen) atoms. The quantitative estimate of drug-likeness (QED) is 0.469. The molecule has 3 aromatic rings. The van der Waals surface area contributed by atoms with E-state index in [-0.39, 0.29) is 11.7 Å². The Bertz CT molecular complexity index is 978. The summed E-state index contributed by atoms with van der Waals surface area (Å²) in [6.45, 7) is 0.448. The number of methoxy groups -OCH3 is 1. The molecule has 1 amide bonds. The lowest BCUT2D eigenvalue weighted by atomic mass is 10.2. The fourth-order valence-corrected chi connectivity index (χ4v) is 3.63. The summed E-state index contributed by atoms with van der Waals surface area (Å²) in [5.41, 5.74) is 1.62. The van der Waals surface area contributed by atoms with Gasteiger partial charge in [0.1, 0.15) is 5.75 Å². The molecular formula is C19H20ClN5O2S. The Kier molecular flexibility index (Phi) is 6.43. The van der Waals surface area contributed by atoms with Gasteiger partial charge in [-0.15, -0.1) is 10.2 Å². The van der Waals surface area contributed by atoms with Crippen LogP contribution in [0.5, 0.6) is 5.75 Å². The molecule has 0 unspecified atom stereocenters. The largest absolute Gasteiger partial charge is 0.496 e. The van der Waals surface area contributed by atoms with Gasteiger partial charge in [-0.1, -0.05) is 53.7 Å². The molecule has 9 heteroatoms. The number of hydrogen-bond acceptors (Lipinski definition) is 6. The van der Waals surface area contributed by atoms with E-state index in [4.69, 9.17) is 22.2 Å². The second kappa shape index (κ2) is 8.99. The van der Waals surface area contributed by atoms with Gasteiger partial charge in [-0.25, -0.2) is 4.68 Å². The van der Waals surface area contributed by atoms with Crippen molar-refractivity contribution in [2.75, 3.05) is 25.8 Å². The highest BCUT2D eigenvalue weighted by atomic mass is 35.5. The molecule has 1 heterocycles. The number of rotatable bonds is 7. The fraction of sp³-hybridized carbons (Fsp3) is 0.211. The van der Waals surface area contributed by atoms with Crippen molar-refractivity contribution in [2.45, 2.75) is 11.7 Å². The molecule has 0 radical (unpaired) electrons. The minimum atomic E-state index is -0.0572. The highest BCUT2D eigenvalue weighted by Gasteiger charge is 2.17. The Hall–Kier alpha value is -2.71. The zero-order valence-corrected chi connectivity index (χ0v) is 17.1. The maximum absolute atomic E-state index is 12.5. The molecule has 0 aliphatic carbocycles. The molecule has 0 bridgehead atoms. The Morgan fingerprint density at radius 3 is 2.68 bits per heavy atom. The maximum Gasteiger partial charge on any atom is 0.233 e. The van der Waals surface area contributed by atoms with Crippen LogP contribution in [0, 0.1) is 0 Å². The van der Waals surface area contributed by atoms with E-state index in [0.717, 1.165) is 11.3 Å². The molecule has 0 atom stereocenters. The number of carbonyl (C=O) groups is 1. The lowest BCUT2D eigenvalue weighted by Gasteiger charge is -2.18. The molecule has 0 aliphatic rings. The molecule has 0 saturated heterocycles. The molecule has 0 spiro atoms. The van der Waals surface area contributed by atoms with Crippen molar-refractivity contribution in [3.8, 4) is 17.1 Å². The van der Waals surface area contributed by atoms with Crippen LogP contribution in [0.3, 0.4) is 0 Å². The Labute approximate surface area is 172 Å². The second-order valence-electron chi connectivity index (χ2n) is 6.01. The van der Waals surface area contributed by atoms with E-state index >= 15 is 0 Å². The summed E-state index contributed by atoms with van der Waals surface area (Å²) in [6.07, 6.45) is 0. The standard InChI is InChI=1S/C19H20ClN5O2S/c1-24(11-13-7-3-6-10-16(13)27-2)17(26)12-28-19-23-22-18(25(19)21)14-8-4-5-9-15(14)20/h3-10H,11-12,21H2,1-2H3. The number of aromatic nitrogens is 3. The van der Waals surface area contributed by atoms with Gasteiger partial charge in [0.2, 0.25) is 11.1 Å². The van der Waals surface area contributed by atoms with E-state index in [0.29, 0.717) is 28.1 Å². The molecule has 2 N–H and O–H groups in total. The number of nitrogen functional groups attached to an aromatic ring is 1. The third-order valence-corrected chi connectivity index (χ3v) is 5.39. The molecular weight excluding hydrogens is 398 g/mol. The first kappa shape index (κ1) is 20.0. The van der Waals surface area contributed by atoms with E-state index in [1.807, 2.05) is 42.5 Å². The number of hydrogen-bond donors (Lipinski definition) is 1. The number of carbonyl (C=O) groups excluding carboxylic acids is 1. The summed E-state index contributed by atoms with van der Waals surface area (Å²) in [6, 6.07) is 14.9. The first-order valence-corrected chi connectivity index (χ1v) is 9.81. The van der Waals surface area contributed by atoms with Crippen LogP contribution in [0.1, 0.15) is 5.56 Å². The van der Waals surface area contributed by atoms with Crippen LogP contribution in [0.4, 0.5) is 0 Å². The van der Waals surface area contributed by atoms with Crippen molar-refractivity contribution < 1.29 is 9.53 Å². The third-order valence-electron chi connectivity index (χ3n) is 4.13. The number of ether oxygens (including phenoxy) is 1. The summed E-state index contributed by atoms with van der Waals surface area (Å²) in [5.74, 6) is 7.42. The van der Waals surface area contributed by atoms with Crippen LogP contribution in [-0.2, 0) is 11.3 Å². The summed E-state index contributed by atoms with van der Waals surface area (Å²) >= 11 is 7.42. The van der Waals surface area contributed by atoms with Gasteiger partial charge >= 0.3 is 0 Å². The summed E-state index contributed by atoms with van der Waals surface area (Å²) in [7, 11) is 3.36. The van der Waals surface area contributed by atoms with Crippen molar-refractivity contribution in [2.24, 2.45) is 0 Å². The van der Waals surface area contributed by atoms with Gasteiger partial charge in [-0.3, -0.25) is 4.79 Å². The SMILES string of the molecule is COc1ccccc1CN(C)C(=O)CSc1nnc(-c2ccccc2Cl)n1N. The molecule has 0 fully saturated rings. The van der Waals surface area contributed by atoms with Crippen LogP contribution < -0.4 is 10.6 Å². The number of para-hydroxylation sites is 1. The Balaban J connectivity index is 1.64. The van der Waals surface area contributed by atoms with Crippen LogP contribution >= 0.6 is 23.4 Å². The van der Waals surface area contributed by atoms with Gasteiger partial charge in [-0.2, -0.15) is 0 Å². The van der Waals surface area contributed by atoms with Crippen molar-refractivity contribution in [1.82, 2.24) is 19.8 Å². The molecule has 3 rings (SSSR count). The van der Waals surface area contributed by atoms with Crippen molar-refractivity contribution in [3.05, 3.63) is 59.1 Å². The third kappa shape index (κ3) is 4.40. The fourth-order valence-electron chi connectivity index (χ4n) is 2.62. The Morgan fingerprint density at radius 2 is 1.93 bits per heavy atom. The highest BCUT2D eigenvalue weighted by Crippen LogP contribution is 2.27. The van der Waals surface area contributed by atoms with Gasteiger partial charge in [0.25, 0.3) is 0 Å². The minimum Gasteiger partial charge on any atom is -0.496 e. The first-order chi connectivity index (χ1) is 13.5. The van der Waals surface area contributed by atoms with Gasteiger partial charge in [0.15, 0.2) is 5.82 Å². The summed E-state index contributed by atoms with van der Waals surface area (Å²) in [5, 5.41) is 9.15. The number of benzene rings is 2. The van der Waals surface area contributed by atoms with E-state index in [1.165, 1.54) is 16.4 Å². The normalized spacial score (nSPS) is 10.7. The topological polar surface area (TPSA) is 86.3 Å². The average Bonchev–Trinajstić information content (AvgIpc) is 3.07. The Morgan fingerprint density at radius 1 is 1.21 bits per heavy atom. The summed E-state index contributed by atoms with van der Waals surface area (Å²) in [4.78, 5) is 14.1. The molecule has 0 saturated carbocycles. The monoisotopic (exact) mass is 417 g/mol. The van der Waals surface area contributed by atoms with Crippen LogP contribution in [0.2, 0.25) is 5.02 Å². The van der Waals surface area contributed by atoms with E-state index < -0.39 is 0 Å². The molecule has 146 valence electrons. The minimum absolute atomic E-state index is 0.0572. The first-order valence-electron chi connectivity index (χ1n) is 8.45. The molecule has 2 aromatic carbocycles. The number of thioether (sulfide) groups is 1. The molecule has 1 aromatic heterocycles. The average molecular weight is 418 g/mol. The van der Waals surface area contributed by atoms with Crippen molar-refractivity contribution in [3.63, 3.8) is 0 Å². The zero-order chi connectivity index (χ0) is 20.1. The van der Waals surface area contributed by atoms with E-state index in [2.05, 4.69) is 10.2 Å². The van der Waals surface area contributed by atoms with Gasteiger partial charge in [0.05, 0.1) is 17.9 Å². The van der Waals surface area contributed by atoms with Crippen LogP contribution in [0.25, 0.3) is 11.4 Å². The maximum atomic E-state index is 12.5. The van der Waals surface area contributed by atoms with Crippen molar-refractivity contribution >= 4 is 29.3 Å². The van der Waals surface area contributed by atoms with Crippen LogP contribution in [0.15, 0.2) is 53.7 Å². The number of nitrogens with two attached hydrogens (primary N) is 1. The van der Waals surface area contributed by atoms with Gasteiger partial charge < -0.3 is 15.5 Å². The second-order valence-corrected chi connectivity index (χ2v) is 7.36. The van der Waals surface area contributed by atoms with Gasteiger partial charge in [-0.05, 0) is 18.2 Å². The zero-order valence-electron chi connectivity index (χ0n) is 15.5. The molecule has 7 nitrogen and oxygen atoms in total. The lowest BCUT2D eigenvalue weighted by molar-refractivity contribution is -0.127. The predicted octanol–water partition coefficient (Wildman–Crippen LogP) is 3.07. The van der Waals surface area contributed by atoms with Crippen LogP contribution in [-0.4, -0.2) is 45.6 Å². The van der Waals surface area contributed by atoms with Gasteiger partial charge in [0, 0.05) is 24.7 Å². The van der Waals surface area contributed by atoms with E-state index in [1.54, 1.807) is 25.1 Å². The lowest BCUT2D eigenvalue weighted by Crippen LogP contribution is -2.28. The van der Waals surface area contributed by atoms with Crippen molar-refractivity contribution in [1.29, 1.82) is 0 Å². The van der Waals surface area contributed by atoms with E-state index in [9.17, 15) is 4.79 Å². The number of halogens is 1. The predicted molar refractivity (Wildman–Crippen MR) is 111 cm³/mol.